The van der Waals surface area contributed by atoms with E-state index in [0.29, 0.717) is 12.0 Å². The number of aromatic nitrogens is 2. The van der Waals surface area contributed by atoms with Gasteiger partial charge in [-0.25, -0.2) is 8.42 Å². The van der Waals surface area contributed by atoms with E-state index < -0.39 is 31.7 Å². The van der Waals surface area contributed by atoms with E-state index >= 15 is 0 Å². The molecule has 1 fully saturated rings. The normalized spacial score (nSPS) is 19.8. The van der Waals surface area contributed by atoms with Crippen LogP contribution < -0.4 is 5.32 Å². The largest absolute Gasteiger partial charge is 0.417 e. The fourth-order valence-corrected chi connectivity index (χ4v) is 5.59. The number of methoxy groups -OCH3 is 1. The predicted octanol–water partition coefficient (Wildman–Crippen LogP) is 2.66. The Balaban J connectivity index is 1.98. The van der Waals surface area contributed by atoms with Gasteiger partial charge >= 0.3 is 6.18 Å². The average Bonchev–Trinajstić information content (AvgIpc) is 3.36. The Bertz CT molecular complexity index is 1030. The molecule has 1 aliphatic rings. The number of likely N-dealkylation sites (N-methyl/N-ethyl adjacent to an activating group) is 1. The Morgan fingerprint density at radius 3 is 2.63 bits per heavy atom. The smallest absolute Gasteiger partial charge is 0.381 e. The van der Waals surface area contributed by atoms with Crippen LogP contribution in [0.4, 0.5) is 13.2 Å². The minimum Gasteiger partial charge on any atom is -0.381 e. The minimum atomic E-state index is -4.85. The number of rotatable bonds is 6. The SMILES string of the molecule is CNC(=O)Cn1cc(-c2ccc(S(=O)(=O)[C@H]3CC[C@H](OC)C3)c(C(F)(F)F)c2)cn1. The van der Waals surface area contributed by atoms with Crippen LogP contribution in [0.1, 0.15) is 24.8 Å². The second-order valence-corrected chi connectivity index (χ2v) is 9.34. The van der Waals surface area contributed by atoms with Gasteiger partial charge in [-0.15, -0.1) is 0 Å². The van der Waals surface area contributed by atoms with E-state index in [4.69, 9.17) is 4.74 Å². The maximum atomic E-state index is 13.8. The first-order chi connectivity index (χ1) is 14.1. The van der Waals surface area contributed by atoms with Crippen LogP contribution in [0.2, 0.25) is 0 Å². The topological polar surface area (TPSA) is 90.3 Å². The summed E-state index contributed by atoms with van der Waals surface area (Å²) in [5.41, 5.74) is -0.709. The number of alkyl halides is 3. The van der Waals surface area contributed by atoms with Crippen molar-refractivity contribution in [3.8, 4) is 11.1 Å². The third-order valence-electron chi connectivity index (χ3n) is 5.25. The summed E-state index contributed by atoms with van der Waals surface area (Å²) in [6, 6.07) is 3.15. The molecule has 1 heterocycles. The van der Waals surface area contributed by atoms with Crippen molar-refractivity contribution in [3.63, 3.8) is 0 Å². The van der Waals surface area contributed by atoms with Gasteiger partial charge in [0, 0.05) is 25.9 Å². The van der Waals surface area contributed by atoms with Crippen molar-refractivity contribution < 1.29 is 31.1 Å². The number of halogens is 3. The number of carbonyl (C=O) groups excluding carboxylic acids is 1. The fourth-order valence-electron chi connectivity index (χ4n) is 3.58. The van der Waals surface area contributed by atoms with Crippen LogP contribution in [-0.2, 0) is 32.1 Å². The lowest BCUT2D eigenvalue weighted by Gasteiger charge is -2.18. The lowest BCUT2D eigenvalue weighted by molar-refractivity contribution is -0.139. The number of benzene rings is 1. The second-order valence-electron chi connectivity index (χ2n) is 7.15. The van der Waals surface area contributed by atoms with Crippen molar-refractivity contribution in [2.75, 3.05) is 14.2 Å². The summed E-state index contributed by atoms with van der Waals surface area (Å²) in [7, 11) is -1.27. The van der Waals surface area contributed by atoms with Gasteiger partial charge in [-0.3, -0.25) is 9.48 Å². The molecular weight excluding hydrogens is 423 g/mol. The molecule has 1 saturated carbocycles. The van der Waals surface area contributed by atoms with Gasteiger partial charge in [-0.2, -0.15) is 18.3 Å². The van der Waals surface area contributed by atoms with Crippen molar-refractivity contribution in [2.24, 2.45) is 0 Å². The molecule has 7 nitrogen and oxygen atoms in total. The lowest BCUT2D eigenvalue weighted by Crippen LogP contribution is -2.23. The summed E-state index contributed by atoms with van der Waals surface area (Å²) in [5, 5.41) is 5.48. The third kappa shape index (κ3) is 4.51. The molecule has 1 aromatic heterocycles. The zero-order valence-electron chi connectivity index (χ0n) is 16.4. The Morgan fingerprint density at radius 2 is 2.03 bits per heavy atom. The van der Waals surface area contributed by atoms with Gasteiger partial charge in [0.1, 0.15) is 6.54 Å². The van der Waals surface area contributed by atoms with E-state index in [-0.39, 0.29) is 37.0 Å². The molecular formula is C19H22F3N3O4S. The number of hydrogen-bond acceptors (Lipinski definition) is 5. The van der Waals surface area contributed by atoms with E-state index in [1.165, 1.54) is 37.3 Å². The summed E-state index contributed by atoms with van der Waals surface area (Å²) in [6.07, 6.45) is -1.45. The number of nitrogens with one attached hydrogen (secondary N) is 1. The third-order valence-corrected chi connectivity index (χ3v) is 7.53. The van der Waals surface area contributed by atoms with Crippen LogP contribution in [0, 0.1) is 0 Å². The van der Waals surface area contributed by atoms with Crippen LogP contribution in [0.5, 0.6) is 0 Å². The quantitative estimate of drug-likeness (QED) is 0.738. The second kappa shape index (κ2) is 8.38. The summed E-state index contributed by atoms with van der Waals surface area (Å²) in [6.45, 7) is -0.0859. The maximum absolute atomic E-state index is 13.8. The molecule has 1 N–H and O–H groups in total. The van der Waals surface area contributed by atoms with Crippen molar-refractivity contribution in [3.05, 3.63) is 36.2 Å². The minimum absolute atomic E-state index is 0.0859. The molecule has 164 valence electrons. The first kappa shape index (κ1) is 22.3. The van der Waals surface area contributed by atoms with E-state index in [9.17, 15) is 26.4 Å². The Morgan fingerprint density at radius 1 is 1.30 bits per heavy atom. The molecule has 0 unspecified atom stereocenters. The van der Waals surface area contributed by atoms with Gasteiger partial charge in [0.05, 0.1) is 28.0 Å². The van der Waals surface area contributed by atoms with Gasteiger partial charge in [0.25, 0.3) is 0 Å². The summed E-state index contributed by atoms with van der Waals surface area (Å²) < 4.78 is 73.6. The molecule has 0 bridgehead atoms. The highest BCUT2D eigenvalue weighted by Crippen LogP contribution is 2.40. The molecule has 30 heavy (non-hydrogen) atoms. The highest BCUT2D eigenvalue weighted by molar-refractivity contribution is 7.92. The van der Waals surface area contributed by atoms with Crippen molar-refractivity contribution in [1.82, 2.24) is 15.1 Å². The number of nitrogens with zero attached hydrogens (tertiary/aromatic N) is 2. The molecule has 0 aliphatic heterocycles. The Kier molecular flexibility index (Phi) is 6.23. The summed E-state index contributed by atoms with van der Waals surface area (Å²) >= 11 is 0. The fraction of sp³-hybridized carbons (Fsp3) is 0.474. The molecule has 0 spiro atoms. The first-order valence-electron chi connectivity index (χ1n) is 9.27. The van der Waals surface area contributed by atoms with Crippen molar-refractivity contribution in [2.45, 2.75) is 48.2 Å². The molecule has 0 radical (unpaired) electrons. The molecule has 1 amide bonds. The molecule has 2 aromatic rings. The van der Waals surface area contributed by atoms with E-state index in [1.54, 1.807) is 0 Å². The van der Waals surface area contributed by atoms with Crippen LogP contribution in [-0.4, -0.2) is 49.6 Å². The molecule has 0 saturated heterocycles. The number of amides is 1. The van der Waals surface area contributed by atoms with Crippen molar-refractivity contribution in [1.29, 1.82) is 0 Å². The molecule has 1 aliphatic carbocycles. The zero-order chi connectivity index (χ0) is 22.1. The van der Waals surface area contributed by atoms with E-state index in [0.717, 1.165) is 12.1 Å². The Hall–Kier alpha value is -2.40. The lowest BCUT2D eigenvalue weighted by atomic mass is 10.1. The van der Waals surface area contributed by atoms with Crippen LogP contribution >= 0.6 is 0 Å². The van der Waals surface area contributed by atoms with Crippen LogP contribution in [0.3, 0.4) is 0 Å². The van der Waals surface area contributed by atoms with Gasteiger partial charge in [-0.1, -0.05) is 6.07 Å². The van der Waals surface area contributed by atoms with Crippen LogP contribution in [0.15, 0.2) is 35.5 Å². The zero-order valence-corrected chi connectivity index (χ0v) is 17.3. The monoisotopic (exact) mass is 445 g/mol. The first-order valence-corrected chi connectivity index (χ1v) is 10.8. The van der Waals surface area contributed by atoms with E-state index in [1.807, 2.05) is 0 Å². The average molecular weight is 445 g/mol. The standard InChI is InChI=1S/C19H22F3N3O4S/c1-23-18(26)11-25-10-13(9-24-25)12-3-6-17(16(7-12)19(20,21)22)30(27,28)15-5-4-14(8-15)29-2/h3,6-7,9-10,14-15H,4-5,8,11H2,1-2H3,(H,23,26)/t14-,15-/m0/s1. The Labute approximate surface area is 172 Å². The van der Waals surface area contributed by atoms with Gasteiger partial charge in [0.2, 0.25) is 5.91 Å². The van der Waals surface area contributed by atoms with Gasteiger partial charge in [0.15, 0.2) is 9.84 Å². The number of sulfone groups is 1. The summed E-state index contributed by atoms with van der Waals surface area (Å²) in [4.78, 5) is 10.7. The molecule has 3 rings (SSSR count). The molecule has 11 heteroatoms. The maximum Gasteiger partial charge on any atom is 0.417 e. The van der Waals surface area contributed by atoms with Gasteiger partial charge < -0.3 is 10.1 Å². The number of carbonyl (C=O) groups is 1. The highest BCUT2D eigenvalue weighted by Gasteiger charge is 2.42. The van der Waals surface area contributed by atoms with Gasteiger partial charge in [-0.05, 0) is 37.0 Å². The number of ether oxygens (including phenoxy) is 1. The molecule has 2 atom stereocenters. The van der Waals surface area contributed by atoms with Crippen LogP contribution in [0.25, 0.3) is 11.1 Å². The molecule has 1 aromatic carbocycles. The van der Waals surface area contributed by atoms with Crippen molar-refractivity contribution >= 4 is 15.7 Å². The summed E-state index contributed by atoms with van der Waals surface area (Å²) in [5.74, 6) is -0.312. The van der Waals surface area contributed by atoms with E-state index in [2.05, 4.69) is 10.4 Å². The highest BCUT2D eigenvalue weighted by atomic mass is 32.2. The predicted molar refractivity (Wildman–Crippen MR) is 102 cm³/mol. The number of hydrogen-bond donors (Lipinski definition) is 1.